The molecule has 0 spiro atoms. The van der Waals surface area contributed by atoms with Crippen LogP contribution >= 0.6 is 0 Å². The number of para-hydroxylation sites is 1. The first kappa shape index (κ1) is 28.0. The zero-order chi connectivity index (χ0) is 28.8. The smallest absolute Gasteiger partial charge is 0.266 e. The molecule has 0 radical (unpaired) electrons. The Morgan fingerprint density at radius 1 is 0.829 bits per heavy atom. The van der Waals surface area contributed by atoms with Crippen molar-refractivity contribution in [3.05, 3.63) is 142 Å². The molecule has 5 aromatic rings. The second-order valence-corrected chi connectivity index (χ2v) is 10.2. The molecule has 1 aromatic heterocycles. The van der Waals surface area contributed by atoms with Crippen molar-refractivity contribution < 1.29 is 9.18 Å². The normalized spacial score (nSPS) is 12.0. The summed E-state index contributed by atoms with van der Waals surface area (Å²) in [7, 11) is 0. The van der Waals surface area contributed by atoms with Crippen LogP contribution in [0.5, 0.6) is 0 Å². The lowest BCUT2D eigenvalue weighted by Crippen LogP contribution is -2.41. The molecular formula is C35H34FN3O2. The zero-order valence-corrected chi connectivity index (χ0v) is 23.4. The third-order valence-electron chi connectivity index (χ3n) is 7.50. The number of unbranched alkanes of at least 4 members (excludes halogenated alkanes) is 1. The molecule has 0 aliphatic carbocycles. The van der Waals surface area contributed by atoms with Gasteiger partial charge in [-0.1, -0.05) is 93.1 Å². The fourth-order valence-corrected chi connectivity index (χ4v) is 5.44. The van der Waals surface area contributed by atoms with Gasteiger partial charge < -0.3 is 4.90 Å². The Balaban J connectivity index is 1.71. The van der Waals surface area contributed by atoms with Gasteiger partial charge in [-0.25, -0.2) is 9.37 Å². The quantitative estimate of drug-likeness (QED) is 0.183. The van der Waals surface area contributed by atoms with Crippen LogP contribution in [-0.4, -0.2) is 26.9 Å². The molecular weight excluding hydrogens is 513 g/mol. The highest BCUT2D eigenvalue weighted by Crippen LogP contribution is 2.33. The third-order valence-corrected chi connectivity index (χ3v) is 7.50. The fraction of sp³-hybridized carbons (Fsp3) is 0.229. The number of aromatic nitrogens is 2. The van der Waals surface area contributed by atoms with Crippen LogP contribution in [0.1, 0.15) is 62.0 Å². The van der Waals surface area contributed by atoms with E-state index in [0.29, 0.717) is 35.4 Å². The Hall–Kier alpha value is -4.58. The van der Waals surface area contributed by atoms with Gasteiger partial charge in [-0.3, -0.25) is 14.2 Å². The molecule has 0 saturated carbocycles. The summed E-state index contributed by atoms with van der Waals surface area (Å²) >= 11 is 0. The minimum Gasteiger partial charge on any atom is -0.332 e. The highest BCUT2D eigenvalue weighted by molar-refractivity contribution is 5.87. The summed E-state index contributed by atoms with van der Waals surface area (Å²) in [6.45, 7) is 4.61. The molecule has 0 fully saturated rings. The summed E-state index contributed by atoms with van der Waals surface area (Å²) in [6.07, 6.45) is 2.24. The van der Waals surface area contributed by atoms with Crippen molar-refractivity contribution in [3.63, 3.8) is 0 Å². The minimum absolute atomic E-state index is 0.0456. The van der Waals surface area contributed by atoms with Gasteiger partial charge in [-0.2, -0.15) is 0 Å². The highest BCUT2D eigenvalue weighted by atomic mass is 19.1. The van der Waals surface area contributed by atoms with Crippen molar-refractivity contribution in [1.29, 1.82) is 0 Å². The number of rotatable bonds is 10. The van der Waals surface area contributed by atoms with Crippen LogP contribution in [0.4, 0.5) is 4.39 Å². The Labute approximate surface area is 239 Å². The summed E-state index contributed by atoms with van der Waals surface area (Å²) in [5.74, 6) is -0.491. The predicted molar refractivity (Wildman–Crippen MR) is 162 cm³/mol. The average Bonchev–Trinajstić information content (AvgIpc) is 3.01. The van der Waals surface area contributed by atoms with Crippen LogP contribution in [0.25, 0.3) is 16.6 Å². The second kappa shape index (κ2) is 12.7. The Morgan fingerprint density at radius 3 is 2.00 bits per heavy atom. The molecule has 5 rings (SSSR count). The standard InChI is InChI=1S/C35H34FN3O2/c1-3-5-24-38(35(41)32(25-14-8-6-9-15-25)26-16-10-7-11-17-26)31(4-2)33-37-30-19-13-12-18-29(30)34(40)39(33)28-22-20-27(36)21-23-28/h6-23,31-32H,3-5,24H2,1-2H3. The number of benzene rings is 4. The van der Waals surface area contributed by atoms with Gasteiger partial charge in [-0.05, 0) is 60.4 Å². The summed E-state index contributed by atoms with van der Waals surface area (Å²) in [6, 6.07) is 32.2. The molecule has 0 N–H and O–H groups in total. The van der Waals surface area contributed by atoms with Gasteiger partial charge in [0, 0.05) is 6.54 Å². The molecule has 0 aliphatic rings. The average molecular weight is 548 g/mol. The molecule has 1 amide bonds. The summed E-state index contributed by atoms with van der Waals surface area (Å²) in [5.41, 5.74) is 2.63. The predicted octanol–water partition coefficient (Wildman–Crippen LogP) is 7.44. The maximum atomic E-state index is 14.7. The molecule has 1 atom stereocenters. The lowest BCUT2D eigenvalue weighted by molar-refractivity contribution is -0.134. The number of fused-ring (bicyclic) bond motifs is 1. The summed E-state index contributed by atoms with van der Waals surface area (Å²) < 4.78 is 15.5. The van der Waals surface area contributed by atoms with E-state index in [1.807, 2.05) is 84.6 Å². The molecule has 0 saturated heterocycles. The monoisotopic (exact) mass is 547 g/mol. The van der Waals surface area contributed by atoms with Crippen molar-refractivity contribution in [2.75, 3.05) is 6.54 Å². The molecule has 1 unspecified atom stereocenters. The zero-order valence-electron chi connectivity index (χ0n) is 23.4. The maximum Gasteiger partial charge on any atom is 0.266 e. The van der Waals surface area contributed by atoms with Crippen LogP contribution in [0.2, 0.25) is 0 Å². The molecule has 208 valence electrons. The van der Waals surface area contributed by atoms with Gasteiger partial charge in [0.1, 0.15) is 11.6 Å². The van der Waals surface area contributed by atoms with Gasteiger partial charge >= 0.3 is 0 Å². The van der Waals surface area contributed by atoms with Crippen molar-refractivity contribution >= 4 is 16.8 Å². The van der Waals surface area contributed by atoms with E-state index in [1.165, 1.54) is 12.1 Å². The van der Waals surface area contributed by atoms with E-state index < -0.39 is 17.8 Å². The van der Waals surface area contributed by atoms with Gasteiger partial charge in [0.2, 0.25) is 5.91 Å². The molecule has 5 nitrogen and oxygen atoms in total. The topological polar surface area (TPSA) is 55.2 Å². The van der Waals surface area contributed by atoms with Gasteiger partial charge in [0.15, 0.2) is 0 Å². The van der Waals surface area contributed by atoms with Crippen molar-refractivity contribution in [2.24, 2.45) is 0 Å². The summed E-state index contributed by atoms with van der Waals surface area (Å²) in [5, 5.41) is 0.466. The first-order valence-electron chi connectivity index (χ1n) is 14.2. The van der Waals surface area contributed by atoms with Gasteiger partial charge in [0.25, 0.3) is 5.56 Å². The van der Waals surface area contributed by atoms with Crippen LogP contribution in [-0.2, 0) is 4.79 Å². The van der Waals surface area contributed by atoms with E-state index in [-0.39, 0.29) is 11.5 Å². The largest absolute Gasteiger partial charge is 0.332 e. The number of amides is 1. The molecule has 0 aliphatic heterocycles. The van der Waals surface area contributed by atoms with Gasteiger partial charge in [-0.15, -0.1) is 0 Å². The first-order valence-corrected chi connectivity index (χ1v) is 14.2. The van der Waals surface area contributed by atoms with E-state index in [4.69, 9.17) is 4.98 Å². The Bertz CT molecular complexity index is 1630. The molecule has 0 bridgehead atoms. The molecule has 1 heterocycles. The van der Waals surface area contributed by atoms with Crippen molar-refractivity contribution in [3.8, 4) is 5.69 Å². The minimum atomic E-state index is -0.519. The lowest BCUT2D eigenvalue weighted by Gasteiger charge is -2.35. The highest BCUT2D eigenvalue weighted by Gasteiger charge is 2.34. The molecule has 41 heavy (non-hydrogen) atoms. The Morgan fingerprint density at radius 2 is 1.41 bits per heavy atom. The lowest BCUT2D eigenvalue weighted by atomic mass is 9.89. The number of halogens is 1. The number of nitrogens with zero attached hydrogens (tertiary/aromatic N) is 3. The van der Waals surface area contributed by atoms with Crippen LogP contribution in [0.15, 0.2) is 114 Å². The fourth-order valence-electron chi connectivity index (χ4n) is 5.44. The van der Waals surface area contributed by atoms with Crippen molar-refractivity contribution in [2.45, 2.75) is 45.1 Å². The molecule has 4 aromatic carbocycles. The van der Waals surface area contributed by atoms with Crippen LogP contribution in [0, 0.1) is 5.82 Å². The maximum absolute atomic E-state index is 14.7. The number of hydrogen-bond donors (Lipinski definition) is 0. The Kier molecular flexibility index (Phi) is 8.68. The van der Waals surface area contributed by atoms with Crippen LogP contribution < -0.4 is 5.56 Å². The summed E-state index contributed by atoms with van der Waals surface area (Å²) in [4.78, 5) is 35.6. The number of carbonyl (C=O) groups excluding carboxylic acids is 1. The van der Waals surface area contributed by atoms with Crippen LogP contribution in [0.3, 0.4) is 0 Å². The van der Waals surface area contributed by atoms with E-state index >= 15 is 0 Å². The molecule has 6 heteroatoms. The SMILES string of the molecule is CCCCN(C(=O)C(c1ccccc1)c1ccccc1)C(CC)c1nc2ccccc2c(=O)n1-c1ccc(F)cc1. The third kappa shape index (κ3) is 5.82. The van der Waals surface area contributed by atoms with E-state index in [1.54, 1.807) is 28.8 Å². The van der Waals surface area contributed by atoms with Gasteiger partial charge in [0.05, 0.1) is 28.6 Å². The van der Waals surface area contributed by atoms with E-state index in [0.717, 1.165) is 24.0 Å². The van der Waals surface area contributed by atoms with E-state index in [2.05, 4.69) is 6.92 Å². The first-order chi connectivity index (χ1) is 20.0. The van der Waals surface area contributed by atoms with Crippen molar-refractivity contribution in [1.82, 2.24) is 14.5 Å². The number of hydrogen-bond acceptors (Lipinski definition) is 3. The second-order valence-electron chi connectivity index (χ2n) is 10.2. The number of carbonyl (C=O) groups is 1. The van der Waals surface area contributed by atoms with E-state index in [9.17, 15) is 14.0 Å².